The lowest BCUT2D eigenvalue weighted by Gasteiger charge is -2.08. The number of pyridine rings is 1. The molecule has 0 saturated heterocycles. The molecule has 18 heavy (non-hydrogen) atoms. The minimum atomic E-state index is -3.32. The smallest absolute Gasteiger partial charge is 0.233 e. The number of nitrogens with one attached hydrogen (secondary N) is 2. The van der Waals surface area contributed by atoms with E-state index in [1.165, 1.54) is 12.8 Å². The summed E-state index contributed by atoms with van der Waals surface area (Å²) in [6.45, 7) is 0.745. The van der Waals surface area contributed by atoms with E-state index >= 15 is 0 Å². The molecule has 0 bridgehead atoms. The van der Waals surface area contributed by atoms with Crippen LogP contribution in [0.25, 0.3) is 0 Å². The minimum absolute atomic E-state index is 0.107. The fraction of sp³-hybridized carbons (Fsp3) is 0.545. The number of anilines is 1. The van der Waals surface area contributed by atoms with Gasteiger partial charge in [-0.05, 0) is 53.9 Å². The maximum Gasteiger partial charge on any atom is 0.233 e. The lowest BCUT2D eigenvalue weighted by Crippen LogP contribution is -2.23. The van der Waals surface area contributed by atoms with Crippen LogP contribution in [0.2, 0.25) is 0 Å². The van der Waals surface area contributed by atoms with Crippen molar-refractivity contribution in [1.82, 2.24) is 10.3 Å². The summed E-state index contributed by atoms with van der Waals surface area (Å²) in [5, 5.41) is 3.29. The van der Waals surface area contributed by atoms with Crippen molar-refractivity contribution < 1.29 is 8.42 Å². The Morgan fingerprint density at radius 3 is 2.89 bits per heavy atom. The number of halogens is 1. The summed E-state index contributed by atoms with van der Waals surface area (Å²) in [6.07, 6.45) is 4.59. The van der Waals surface area contributed by atoms with Gasteiger partial charge in [-0.25, -0.2) is 13.4 Å². The Morgan fingerprint density at radius 1 is 1.44 bits per heavy atom. The van der Waals surface area contributed by atoms with Crippen LogP contribution in [-0.4, -0.2) is 31.7 Å². The van der Waals surface area contributed by atoms with Gasteiger partial charge in [-0.3, -0.25) is 4.72 Å². The highest BCUT2D eigenvalue weighted by Gasteiger charge is 2.20. The van der Waals surface area contributed by atoms with Gasteiger partial charge in [-0.2, -0.15) is 0 Å². The third-order valence-electron chi connectivity index (χ3n) is 2.61. The van der Waals surface area contributed by atoms with Crippen molar-refractivity contribution in [2.24, 2.45) is 0 Å². The number of rotatable bonds is 7. The molecule has 0 spiro atoms. The Balaban J connectivity index is 1.80. The summed E-state index contributed by atoms with van der Waals surface area (Å²) in [5.74, 6) is 0.447. The Kier molecular flexibility index (Phi) is 4.58. The van der Waals surface area contributed by atoms with Crippen LogP contribution in [0.15, 0.2) is 22.8 Å². The molecule has 0 amide bonds. The molecule has 2 rings (SSSR count). The second-order valence-corrected chi connectivity index (χ2v) is 7.03. The van der Waals surface area contributed by atoms with Gasteiger partial charge >= 0.3 is 0 Å². The SMILES string of the molecule is O=S(=O)(CCCNC1CC1)Nc1ncccc1Br. The standard InChI is InChI=1S/C11H16BrN3O2S/c12-10-3-1-6-14-11(10)15-18(16,17)8-2-7-13-9-4-5-9/h1,3,6,9,13H,2,4-5,7-8H2,(H,14,15). The first-order valence-electron chi connectivity index (χ1n) is 5.91. The van der Waals surface area contributed by atoms with E-state index in [9.17, 15) is 8.42 Å². The summed E-state index contributed by atoms with van der Waals surface area (Å²) < 4.78 is 26.7. The molecule has 1 aromatic heterocycles. The highest BCUT2D eigenvalue weighted by atomic mass is 79.9. The predicted octanol–water partition coefficient (Wildman–Crippen LogP) is 1.73. The van der Waals surface area contributed by atoms with E-state index in [4.69, 9.17) is 0 Å². The van der Waals surface area contributed by atoms with Crippen LogP contribution in [0.1, 0.15) is 19.3 Å². The number of nitrogens with zero attached hydrogens (tertiary/aromatic N) is 1. The van der Waals surface area contributed by atoms with E-state index in [2.05, 4.69) is 31.0 Å². The molecule has 5 nitrogen and oxygen atoms in total. The Morgan fingerprint density at radius 2 is 2.22 bits per heavy atom. The zero-order valence-corrected chi connectivity index (χ0v) is 12.3. The van der Waals surface area contributed by atoms with Crippen LogP contribution in [0.4, 0.5) is 5.82 Å². The predicted molar refractivity (Wildman–Crippen MR) is 75.0 cm³/mol. The quantitative estimate of drug-likeness (QED) is 0.745. The van der Waals surface area contributed by atoms with Crippen LogP contribution in [0, 0.1) is 0 Å². The molecule has 0 aromatic carbocycles. The zero-order chi connectivity index (χ0) is 13.0. The number of aromatic nitrogens is 1. The first-order valence-corrected chi connectivity index (χ1v) is 8.36. The van der Waals surface area contributed by atoms with Crippen LogP contribution < -0.4 is 10.0 Å². The van der Waals surface area contributed by atoms with Gasteiger partial charge in [0.05, 0.1) is 10.2 Å². The largest absolute Gasteiger partial charge is 0.314 e. The molecule has 100 valence electrons. The van der Waals surface area contributed by atoms with Crippen molar-refractivity contribution in [1.29, 1.82) is 0 Å². The molecule has 1 aliphatic carbocycles. The molecule has 1 aromatic rings. The van der Waals surface area contributed by atoms with Crippen molar-refractivity contribution in [2.75, 3.05) is 17.0 Å². The average molecular weight is 334 g/mol. The Bertz CT molecular complexity index is 503. The van der Waals surface area contributed by atoms with E-state index in [0.29, 0.717) is 22.8 Å². The van der Waals surface area contributed by atoms with Crippen LogP contribution in [-0.2, 0) is 10.0 Å². The van der Waals surface area contributed by atoms with Gasteiger partial charge in [-0.15, -0.1) is 0 Å². The third kappa shape index (κ3) is 4.55. The highest BCUT2D eigenvalue weighted by molar-refractivity contribution is 9.10. The molecular weight excluding hydrogens is 318 g/mol. The van der Waals surface area contributed by atoms with Crippen molar-refractivity contribution in [3.63, 3.8) is 0 Å². The maximum absolute atomic E-state index is 11.8. The lowest BCUT2D eigenvalue weighted by atomic mass is 10.5. The molecule has 2 N–H and O–H groups in total. The second-order valence-electron chi connectivity index (χ2n) is 4.34. The summed E-state index contributed by atoms with van der Waals surface area (Å²) in [6, 6.07) is 4.10. The maximum atomic E-state index is 11.8. The van der Waals surface area contributed by atoms with Gasteiger partial charge in [0.15, 0.2) is 5.82 Å². The summed E-state index contributed by atoms with van der Waals surface area (Å²) >= 11 is 3.26. The van der Waals surface area contributed by atoms with Gasteiger partial charge in [-0.1, -0.05) is 0 Å². The molecule has 0 unspecified atom stereocenters. The highest BCUT2D eigenvalue weighted by Crippen LogP contribution is 2.20. The number of hydrogen-bond acceptors (Lipinski definition) is 4. The molecule has 1 aliphatic rings. The van der Waals surface area contributed by atoms with Crippen molar-refractivity contribution >= 4 is 31.8 Å². The summed E-state index contributed by atoms with van der Waals surface area (Å²) in [5.41, 5.74) is 0. The zero-order valence-electron chi connectivity index (χ0n) is 9.89. The minimum Gasteiger partial charge on any atom is -0.314 e. The summed E-state index contributed by atoms with van der Waals surface area (Å²) in [4.78, 5) is 3.98. The van der Waals surface area contributed by atoms with Gasteiger partial charge < -0.3 is 5.32 Å². The molecule has 0 aliphatic heterocycles. The first kappa shape index (κ1) is 13.8. The molecule has 1 fully saturated rings. The second kappa shape index (κ2) is 5.99. The van der Waals surface area contributed by atoms with E-state index in [1.807, 2.05) is 0 Å². The lowest BCUT2D eigenvalue weighted by molar-refractivity contribution is 0.593. The molecular formula is C11H16BrN3O2S. The van der Waals surface area contributed by atoms with Crippen LogP contribution in [0.5, 0.6) is 0 Å². The topological polar surface area (TPSA) is 71.1 Å². The molecule has 7 heteroatoms. The summed E-state index contributed by atoms with van der Waals surface area (Å²) in [7, 11) is -3.32. The van der Waals surface area contributed by atoms with Crippen LogP contribution >= 0.6 is 15.9 Å². The monoisotopic (exact) mass is 333 g/mol. The van der Waals surface area contributed by atoms with Gasteiger partial charge in [0.25, 0.3) is 0 Å². The average Bonchev–Trinajstić information content (AvgIpc) is 3.12. The molecule has 1 saturated carbocycles. The van der Waals surface area contributed by atoms with Gasteiger partial charge in [0.1, 0.15) is 0 Å². The van der Waals surface area contributed by atoms with E-state index < -0.39 is 10.0 Å². The van der Waals surface area contributed by atoms with Crippen molar-refractivity contribution in [2.45, 2.75) is 25.3 Å². The fourth-order valence-electron chi connectivity index (χ4n) is 1.51. The number of hydrogen-bond donors (Lipinski definition) is 2. The van der Waals surface area contributed by atoms with Gasteiger partial charge in [0, 0.05) is 12.2 Å². The molecule has 0 radical (unpaired) electrons. The van der Waals surface area contributed by atoms with Crippen LogP contribution in [0.3, 0.4) is 0 Å². The molecule has 1 heterocycles. The Hall–Kier alpha value is -0.660. The normalized spacial score (nSPS) is 15.6. The first-order chi connectivity index (χ1) is 8.57. The van der Waals surface area contributed by atoms with E-state index in [0.717, 1.165) is 6.54 Å². The van der Waals surface area contributed by atoms with Crippen molar-refractivity contribution in [3.8, 4) is 0 Å². The molecule has 0 atom stereocenters. The number of sulfonamides is 1. The fourth-order valence-corrected chi connectivity index (χ4v) is 3.08. The van der Waals surface area contributed by atoms with E-state index in [-0.39, 0.29) is 5.75 Å². The van der Waals surface area contributed by atoms with Crippen molar-refractivity contribution in [3.05, 3.63) is 22.8 Å². The van der Waals surface area contributed by atoms with Gasteiger partial charge in [0.2, 0.25) is 10.0 Å². The Labute approximate surface area is 116 Å². The third-order valence-corrected chi connectivity index (χ3v) is 4.58. The van der Waals surface area contributed by atoms with E-state index in [1.54, 1.807) is 18.3 Å².